The van der Waals surface area contributed by atoms with Crippen LogP contribution >= 0.6 is 0 Å². The number of ether oxygens (including phenoxy) is 1. The van der Waals surface area contributed by atoms with E-state index in [1.807, 2.05) is 0 Å². The van der Waals surface area contributed by atoms with Gasteiger partial charge in [0.1, 0.15) is 24.2 Å². The van der Waals surface area contributed by atoms with Crippen LogP contribution < -0.4 is 10.1 Å². The summed E-state index contributed by atoms with van der Waals surface area (Å²) >= 11 is 0. The summed E-state index contributed by atoms with van der Waals surface area (Å²) in [7, 11) is 0. The minimum absolute atomic E-state index is 0.0466. The summed E-state index contributed by atoms with van der Waals surface area (Å²) in [5.74, 6) is 0.617. The normalized spacial score (nSPS) is 14.5. The third-order valence-corrected chi connectivity index (χ3v) is 4.07. The SMILES string of the molecule is CC(=O)c1cccc(OC[C@@H](O)CN[C@H](C)[C@@H](O)c2ccc(O)cc2)c1. The number of carbonyl (C=O) groups excluding carboxylic acids is 1. The van der Waals surface area contributed by atoms with Gasteiger partial charge in [0.05, 0.1) is 6.10 Å². The second-order valence-electron chi connectivity index (χ2n) is 6.28. The van der Waals surface area contributed by atoms with Gasteiger partial charge in [-0.05, 0) is 43.7 Å². The fraction of sp³-hybridized carbons (Fsp3) is 0.350. The summed E-state index contributed by atoms with van der Waals surface area (Å²) in [6.07, 6.45) is -1.54. The van der Waals surface area contributed by atoms with Gasteiger partial charge in [0, 0.05) is 18.2 Å². The Morgan fingerprint density at radius 3 is 2.50 bits per heavy atom. The van der Waals surface area contributed by atoms with E-state index in [1.165, 1.54) is 19.1 Å². The Morgan fingerprint density at radius 2 is 1.85 bits per heavy atom. The molecular formula is C20H25NO5. The van der Waals surface area contributed by atoms with Crippen molar-refractivity contribution in [2.24, 2.45) is 0 Å². The summed E-state index contributed by atoms with van der Waals surface area (Å²) < 4.78 is 5.52. The van der Waals surface area contributed by atoms with Gasteiger partial charge in [0.15, 0.2) is 5.78 Å². The van der Waals surface area contributed by atoms with Gasteiger partial charge < -0.3 is 25.4 Å². The molecule has 0 radical (unpaired) electrons. The van der Waals surface area contributed by atoms with Gasteiger partial charge >= 0.3 is 0 Å². The molecule has 2 aromatic carbocycles. The summed E-state index contributed by atoms with van der Waals surface area (Å²) in [5, 5.41) is 32.7. The number of carbonyl (C=O) groups is 1. The Hall–Kier alpha value is -2.41. The Morgan fingerprint density at radius 1 is 1.15 bits per heavy atom. The summed E-state index contributed by atoms with van der Waals surface area (Å²) in [6.45, 7) is 3.60. The van der Waals surface area contributed by atoms with Crippen LogP contribution in [0.5, 0.6) is 11.5 Å². The number of ketones is 1. The van der Waals surface area contributed by atoms with E-state index >= 15 is 0 Å². The zero-order valence-corrected chi connectivity index (χ0v) is 14.9. The van der Waals surface area contributed by atoms with Crippen molar-refractivity contribution in [3.8, 4) is 11.5 Å². The van der Waals surface area contributed by atoms with E-state index in [1.54, 1.807) is 43.3 Å². The molecular weight excluding hydrogens is 334 g/mol. The summed E-state index contributed by atoms with van der Waals surface area (Å²) in [6, 6.07) is 12.8. The first kappa shape index (κ1) is 19.9. The summed E-state index contributed by atoms with van der Waals surface area (Å²) in [4.78, 5) is 11.4. The molecule has 6 nitrogen and oxygen atoms in total. The number of phenolic OH excluding ortho intramolecular Hbond substituents is 1. The molecule has 0 amide bonds. The molecule has 0 aromatic heterocycles. The number of hydrogen-bond acceptors (Lipinski definition) is 6. The van der Waals surface area contributed by atoms with Crippen molar-refractivity contribution >= 4 is 5.78 Å². The van der Waals surface area contributed by atoms with E-state index in [-0.39, 0.29) is 30.7 Å². The lowest BCUT2D eigenvalue weighted by Crippen LogP contribution is -2.39. The number of benzene rings is 2. The fourth-order valence-corrected chi connectivity index (χ4v) is 2.45. The predicted molar refractivity (Wildman–Crippen MR) is 98.5 cm³/mol. The van der Waals surface area contributed by atoms with Gasteiger partial charge in [-0.25, -0.2) is 0 Å². The highest BCUT2D eigenvalue weighted by Gasteiger charge is 2.17. The highest BCUT2D eigenvalue weighted by atomic mass is 16.5. The van der Waals surface area contributed by atoms with Crippen molar-refractivity contribution in [3.05, 3.63) is 59.7 Å². The minimum atomic E-state index is -0.773. The zero-order valence-electron chi connectivity index (χ0n) is 14.9. The largest absolute Gasteiger partial charge is 0.508 e. The van der Waals surface area contributed by atoms with Crippen LogP contribution in [-0.2, 0) is 0 Å². The number of nitrogens with one attached hydrogen (secondary N) is 1. The van der Waals surface area contributed by atoms with E-state index in [0.717, 1.165) is 0 Å². The lowest BCUT2D eigenvalue weighted by atomic mass is 10.0. The molecule has 0 bridgehead atoms. The lowest BCUT2D eigenvalue weighted by molar-refractivity contribution is 0.0875. The van der Waals surface area contributed by atoms with Gasteiger partial charge in [-0.2, -0.15) is 0 Å². The van der Waals surface area contributed by atoms with Crippen LogP contribution in [0.3, 0.4) is 0 Å². The van der Waals surface area contributed by atoms with E-state index in [9.17, 15) is 20.1 Å². The zero-order chi connectivity index (χ0) is 19.1. The molecule has 0 spiro atoms. The third kappa shape index (κ3) is 5.84. The number of hydrogen-bond donors (Lipinski definition) is 4. The molecule has 0 unspecified atom stereocenters. The fourth-order valence-electron chi connectivity index (χ4n) is 2.45. The van der Waals surface area contributed by atoms with E-state index < -0.39 is 12.2 Å². The highest BCUT2D eigenvalue weighted by molar-refractivity contribution is 5.94. The van der Waals surface area contributed by atoms with Gasteiger partial charge in [-0.1, -0.05) is 24.3 Å². The molecule has 0 aliphatic carbocycles. The molecule has 0 saturated heterocycles. The van der Waals surface area contributed by atoms with Gasteiger partial charge in [-0.3, -0.25) is 4.79 Å². The number of aromatic hydroxyl groups is 1. The summed E-state index contributed by atoms with van der Waals surface area (Å²) in [5.41, 5.74) is 1.23. The Labute approximate surface area is 153 Å². The van der Waals surface area contributed by atoms with Crippen LogP contribution in [0.4, 0.5) is 0 Å². The van der Waals surface area contributed by atoms with Crippen LogP contribution in [0.25, 0.3) is 0 Å². The van der Waals surface area contributed by atoms with Crippen molar-refractivity contribution in [2.75, 3.05) is 13.2 Å². The first-order valence-corrected chi connectivity index (χ1v) is 8.49. The first-order chi connectivity index (χ1) is 12.4. The number of aliphatic hydroxyl groups is 2. The third-order valence-electron chi connectivity index (χ3n) is 4.07. The Balaban J connectivity index is 1.79. The second-order valence-corrected chi connectivity index (χ2v) is 6.28. The quantitative estimate of drug-likeness (QED) is 0.512. The van der Waals surface area contributed by atoms with E-state index in [0.29, 0.717) is 16.9 Å². The number of Topliss-reactive ketones (excluding diaryl/α,β-unsaturated/α-hetero) is 1. The molecule has 140 valence electrons. The molecule has 0 fully saturated rings. The molecule has 4 N–H and O–H groups in total. The number of aliphatic hydroxyl groups excluding tert-OH is 2. The molecule has 0 aliphatic rings. The average Bonchev–Trinajstić information content (AvgIpc) is 2.64. The molecule has 0 aliphatic heterocycles. The van der Waals surface area contributed by atoms with Crippen LogP contribution in [0, 0.1) is 0 Å². The van der Waals surface area contributed by atoms with Crippen LogP contribution in [0.1, 0.15) is 35.9 Å². The number of rotatable bonds is 9. The molecule has 2 aromatic rings. The molecule has 26 heavy (non-hydrogen) atoms. The molecule has 3 atom stereocenters. The lowest BCUT2D eigenvalue weighted by Gasteiger charge is -2.22. The van der Waals surface area contributed by atoms with Crippen molar-refractivity contribution in [1.82, 2.24) is 5.32 Å². The molecule has 6 heteroatoms. The maximum absolute atomic E-state index is 11.4. The van der Waals surface area contributed by atoms with Gasteiger partial charge in [0.25, 0.3) is 0 Å². The van der Waals surface area contributed by atoms with E-state index in [2.05, 4.69) is 5.32 Å². The predicted octanol–water partition coefficient (Wildman–Crippen LogP) is 2.05. The van der Waals surface area contributed by atoms with Crippen LogP contribution in [-0.4, -0.2) is 46.4 Å². The van der Waals surface area contributed by atoms with Crippen LogP contribution in [0.2, 0.25) is 0 Å². The average molecular weight is 359 g/mol. The molecule has 0 saturated carbocycles. The van der Waals surface area contributed by atoms with Gasteiger partial charge in [0.2, 0.25) is 0 Å². The van der Waals surface area contributed by atoms with E-state index in [4.69, 9.17) is 4.74 Å². The van der Waals surface area contributed by atoms with Crippen LogP contribution in [0.15, 0.2) is 48.5 Å². The topological polar surface area (TPSA) is 99.0 Å². The first-order valence-electron chi connectivity index (χ1n) is 8.49. The maximum Gasteiger partial charge on any atom is 0.159 e. The Kier molecular flexibility index (Phi) is 7.15. The Bertz CT molecular complexity index is 716. The minimum Gasteiger partial charge on any atom is -0.508 e. The smallest absolute Gasteiger partial charge is 0.159 e. The molecule has 0 heterocycles. The van der Waals surface area contributed by atoms with Crippen molar-refractivity contribution in [1.29, 1.82) is 0 Å². The number of phenols is 1. The van der Waals surface area contributed by atoms with Crippen molar-refractivity contribution < 1.29 is 24.9 Å². The second kappa shape index (κ2) is 9.33. The standard InChI is InChI=1S/C20H25NO5/c1-13(20(25)15-6-8-17(23)9-7-15)21-11-18(24)12-26-19-5-3-4-16(10-19)14(2)22/h3-10,13,18,20-21,23-25H,11-12H2,1-2H3/t13-,18+,20-/m1/s1. The highest BCUT2D eigenvalue weighted by Crippen LogP contribution is 2.19. The van der Waals surface area contributed by atoms with Crippen molar-refractivity contribution in [2.45, 2.75) is 32.1 Å². The monoisotopic (exact) mass is 359 g/mol. The molecule has 2 rings (SSSR count). The van der Waals surface area contributed by atoms with Gasteiger partial charge in [-0.15, -0.1) is 0 Å². The van der Waals surface area contributed by atoms with Crippen molar-refractivity contribution in [3.63, 3.8) is 0 Å². The maximum atomic E-state index is 11.4.